The highest BCUT2D eigenvalue weighted by molar-refractivity contribution is 5.87. The van der Waals surface area contributed by atoms with Gasteiger partial charge in [0.1, 0.15) is 11.5 Å². The highest BCUT2D eigenvalue weighted by Gasteiger charge is 2.58. The molecular weight excluding hydrogens is 300 g/mol. The number of carbonyl (C=O) groups excluding carboxylic acids is 1. The van der Waals surface area contributed by atoms with Crippen molar-refractivity contribution in [1.29, 1.82) is 0 Å². The first kappa shape index (κ1) is 17.5. The molecule has 0 bridgehead atoms. The van der Waals surface area contributed by atoms with Gasteiger partial charge < -0.3 is 10.2 Å². The van der Waals surface area contributed by atoms with Gasteiger partial charge in [-0.05, 0) is 73.1 Å². The van der Waals surface area contributed by atoms with E-state index in [9.17, 15) is 15.0 Å². The summed E-state index contributed by atoms with van der Waals surface area (Å²) in [6, 6.07) is 5.59. The minimum absolute atomic E-state index is 0.170. The van der Waals surface area contributed by atoms with Crippen molar-refractivity contribution in [3.8, 4) is 5.75 Å². The third-order valence-corrected chi connectivity index (χ3v) is 6.81. The van der Waals surface area contributed by atoms with E-state index in [0.717, 1.165) is 31.2 Å². The average molecular weight is 330 g/mol. The van der Waals surface area contributed by atoms with Gasteiger partial charge in [-0.2, -0.15) is 0 Å². The maximum atomic E-state index is 12.5. The van der Waals surface area contributed by atoms with Crippen LogP contribution in [0.3, 0.4) is 0 Å². The lowest BCUT2D eigenvalue weighted by Crippen LogP contribution is -2.49. The zero-order valence-corrected chi connectivity index (χ0v) is 15.1. The second kappa shape index (κ2) is 6.51. The molecule has 4 rings (SSSR count). The summed E-state index contributed by atoms with van der Waals surface area (Å²) < 4.78 is 0. The Hall–Kier alpha value is -1.35. The molecule has 24 heavy (non-hydrogen) atoms. The molecule has 2 N–H and O–H groups in total. The molecule has 2 saturated carbocycles. The van der Waals surface area contributed by atoms with E-state index >= 15 is 0 Å². The van der Waals surface area contributed by atoms with Crippen molar-refractivity contribution in [3.63, 3.8) is 0 Å². The Bertz CT molecular complexity index is 624. The fourth-order valence-electron chi connectivity index (χ4n) is 5.82. The highest BCUT2D eigenvalue weighted by atomic mass is 16.3. The smallest absolute Gasteiger partial charge is 0.139 e. The summed E-state index contributed by atoms with van der Waals surface area (Å²) >= 11 is 0. The van der Waals surface area contributed by atoms with Gasteiger partial charge in [0.2, 0.25) is 0 Å². The quantitative estimate of drug-likeness (QED) is 0.811. The van der Waals surface area contributed by atoms with Crippen LogP contribution in [-0.2, 0) is 11.2 Å². The van der Waals surface area contributed by atoms with Crippen LogP contribution in [-0.4, -0.2) is 22.1 Å². The van der Waals surface area contributed by atoms with E-state index in [2.05, 4.69) is 6.92 Å². The number of phenolic OH excluding ortho intramolecular Hbond substituents is 1. The molecule has 2 fully saturated rings. The standard InChI is InChI=1S/C19H24O3.C2H6/c1-2-19-8-7-14-13-4-3-12(20)9-11(13)10-16(21)18(14)15(19)5-6-17(19)22;1-2/h3-4,9,14-16,18,20-21H,2,5-8,10H2,1H3;1-2H3. The van der Waals surface area contributed by atoms with Crippen LogP contribution in [0.4, 0.5) is 0 Å². The monoisotopic (exact) mass is 330 g/mol. The first-order chi connectivity index (χ1) is 11.6. The predicted molar refractivity (Wildman–Crippen MR) is 95.1 cm³/mol. The number of aromatic hydroxyl groups is 1. The van der Waals surface area contributed by atoms with Gasteiger partial charge >= 0.3 is 0 Å². The topological polar surface area (TPSA) is 57.5 Å². The highest BCUT2D eigenvalue weighted by Crippen LogP contribution is 2.61. The van der Waals surface area contributed by atoms with E-state index in [1.54, 1.807) is 12.1 Å². The second-order valence-electron chi connectivity index (χ2n) is 7.46. The lowest BCUT2D eigenvalue weighted by Gasteiger charge is -2.51. The van der Waals surface area contributed by atoms with E-state index in [0.29, 0.717) is 30.5 Å². The number of aliphatic hydroxyl groups is 1. The summed E-state index contributed by atoms with van der Waals surface area (Å²) in [5.41, 5.74) is 2.20. The fourth-order valence-corrected chi connectivity index (χ4v) is 5.82. The summed E-state index contributed by atoms with van der Waals surface area (Å²) in [6.45, 7) is 6.14. The lowest BCUT2D eigenvalue weighted by molar-refractivity contribution is -0.133. The van der Waals surface area contributed by atoms with Gasteiger partial charge in [-0.25, -0.2) is 0 Å². The molecule has 0 amide bonds. The number of phenols is 1. The van der Waals surface area contributed by atoms with Crippen LogP contribution >= 0.6 is 0 Å². The summed E-state index contributed by atoms with van der Waals surface area (Å²) in [6.07, 6.45) is 4.71. The van der Waals surface area contributed by atoms with Gasteiger partial charge in [0.05, 0.1) is 6.10 Å². The summed E-state index contributed by atoms with van der Waals surface area (Å²) in [7, 11) is 0. The van der Waals surface area contributed by atoms with Crippen molar-refractivity contribution in [3.05, 3.63) is 29.3 Å². The summed E-state index contributed by atoms with van der Waals surface area (Å²) in [5, 5.41) is 20.5. The van der Waals surface area contributed by atoms with Crippen molar-refractivity contribution >= 4 is 5.78 Å². The molecule has 0 aliphatic heterocycles. The van der Waals surface area contributed by atoms with Crippen LogP contribution in [0.5, 0.6) is 5.75 Å². The number of fused-ring (bicyclic) bond motifs is 5. The average Bonchev–Trinajstić information content (AvgIpc) is 2.93. The number of rotatable bonds is 1. The molecule has 132 valence electrons. The van der Waals surface area contributed by atoms with Crippen molar-refractivity contribution < 1.29 is 15.0 Å². The third-order valence-electron chi connectivity index (χ3n) is 6.81. The maximum absolute atomic E-state index is 12.5. The molecule has 3 heteroatoms. The first-order valence-corrected chi connectivity index (χ1v) is 9.60. The van der Waals surface area contributed by atoms with Crippen molar-refractivity contribution in [2.45, 2.75) is 71.3 Å². The molecule has 1 aromatic carbocycles. The Kier molecular flexibility index (Phi) is 4.74. The summed E-state index contributed by atoms with van der Waals surface area (Å²) in [4.78, 5) is 12.5. The van der Waals surface area contributed by atoms with E-state index in [4.69, 9.17) is 0 Å². The molecule has 1 aromatic rings. The molecule has 5 atom stereocenters. The minimum atomic E-state index is -0.388. The minimum Gasteiger partial charge on any atom is -0.508 e. The van der Waals surface area contributed by atoms with E-state index in [1.165, 1.54) is 5.56 Å². The van der Waals surface area contributed by atoms with Gasteiger partial charge in [0.25, 0.3) is 0 Å². The molecule has 0 spiro atoms. The Morgan fingerprint density at radius 3 is 2.71 bits per heavy atom. The Balaban J connectivity index is 0.000000815. The maximum Gasteiger partial charge on any atom is 0.139 e. The Morgan fingerprint density at radius 2 is 2.00 bits per heavy atom. The number of benzene rings is 1. The van der Waals surface area contributed by atoms with Gasteiger partial charge in [0, 0.05) is 11.8 Å². The zero-order valence-electron chi connectivity index (χ0n) is 15.1. The van der Waals surface area contributed by atoms with Crippen molar-refractivity contribution in [1.82, 2.24) is 0 Å². The molecule has 0 aromatic heterocycles. The number of aliphatic hydroxyl groups excluding tert-OH is 1. The first-order valence-electron chi connectivity index (χ1n) is 9.60. The second-order valence-corrected chi connectivity index (χ2v) is 7.46. The molecule has 0 heterocycles. The van der Waals surface area contributed by atoms with Gasteiger partial charge in [-0.1, -0.05) is 26.8 Å². The van der Waals surface area contributed by atoms with Gasteiger partial charge in [-0.3, -0.25) is 4.79 Å². The van der Waals surface area contributed by atoms with Crippen LogP contribution in [0.25, 0.3) is 0 Å². The number of hydrogen-bond acceptors (Lipinski definition) is 3. The van der Waals surface area contributed by atoms with Crippen LogP contribution in [0.15, 0.2) is 18.2 Å². The van der Waals surface area contributed by atoms with Crippen LogP contribution in [0.1, 0.15) is 69.9 Å². The van der Waals surface area contributed by atoms with Gasteiger partial charge in [-0.15, -0.1) is 0 Å². The molecule has 3 aliphatic rings. The molecule has 3 nitrogen and oxygen atoms in total. The third kappa shape index (κ3) is 2.40. The van der Waals surface area contributed by atoms with Gasteiger partial charge in [0.15, 0.2) is 0 Å². The largest absolute Gasteiger partial charge is 0.508 e. The molecular formula is C21H30O3. The molecule has 5 unspecified atom stereocenters. The van der Waals surface area contributed by atoms with Crippen LogP contribution < -0.4 is 0 Å². The van der Waals surface area contributed by atoms with E-state index in [1.807, 2.05) is 19.9 Å². The Labute approximate surface area is 145 Å². The van der Waals surface area contributed by atoms with Crippen LogP contribution in [0, 0.1) is 17.3 Å². The SMILES string of the molecule is CC.CCC12CCC3c4ccc(O)cc4CC(O)C3C1CCC2=O. The van der Waals surface area contributed by atoms with E-state index in [-0.39, 0.29) is 23.2 Å². The normalized spacial score (nSPS) is 36.9. The number of Topliss-reactive ketones (excluding diaryl/α,β-unsaturated/α-hetero) is 1. The molecule has 0 radical (unpaired) electrons. The Morgan fingerprint density at radius 1 is 1.25 bits per heavy atom. The number of ketones is 1. The summed E-state index contributed by atoms with van der Waals surface area (Å²) in [5.74, 6) is 1.59. The number of hydrogen-bond donors (Lipinski definition) is 2. The number of carbonyl (C=O) groups is 1. The van der Waals surface area contributed by atoms with Crippen LogP contribution in [0.2, 0.25) is 0 Å². The van der Waals surface area contributed by atoms with Crippen molar-refractivity contribution in [2.75, 3.05) is 0 Å². The molecule has 0 saturated heterocycles. The lowest BCUT2D eigenvalue weighted by atomic mass is 9.53. The predicted octanol–water partition coefficient (Wildman–Crippen LogP) is 4.20. The van der Waals surface area contributed by atoms with E-state index < -0.39 is 0 Å². The molecule has 3 aliphatic carbocycles. The zero-order chi connectivity index (χ0) is 17.5. The fraction of sp³-hybridized carbons (Fsp3) is 0.667. The van der Waals surface area contributed by atoms with Crippen molar-refractivity contribution in [2.24, 2.45) is 17.3 Å².